The quantitative estimate of drug-likeness (QED) is 0.289. The number of aryl methyl sites for hydroxylation is 3. The van der Waals surface area contributed by atoms with E-state index in [1.54, 1.807) is 25.7 Å². The lowest BCUT2D eigenvalue weighted by Crippen LogP contribution is -2.47. The van der Waals surface area contributed by atoms with E-state index in [0.29, 0.717) is 44.3 Å². The van der Waals surface area contributed by atoms with E-state index >= 15 is 0 Å². The summed E-state index contributed by atoms with van der Waals surface area (Å²) in [7, 11) is -3.83. The summed E-state index contributed by atoms with van der Waals surface area (Å²) in [4.78, 5) is 63.0. The summed E-state index contributed by atoms with van der Waals surface area (Å²) < 4.78 is 40.7. The normalized spacial score (nSPS) is 30.0. The maximum absolute atomic E-state index is 14.8. The molecule has 53 heavy (non-hydrogen) atoms. The van der Waals surface area contributed by atoms with E-state index in [1.807, 2.05) is 38.1 Å². The molecule has 7 rings (SSSR count). The fourth-order valence-corrected chi connectivity index (χ4v) is 10.1. The number of sulfonamides is 1. The molecule has 2 aliphatic carbocycles. The first-order chi connectivity index (χ1) is 25.0. The van der Waals surface area contributed by atoms with E-state index in [0.717, 1.165) is 53.4 Å². The summed E-state index contributed by atoms with van der Waals surface area (Å²) in [5, 5.41) is 0.448. The first-order valence-electron chi connectivity index (χ1n) is 19.4. The second kappa shape index (κ2) is 13.8. The van der Waals surface area contributed by atoms with Crippen LogP contribution in [-0.4, -0.2) is 70.9 Å². The molecule has 12 heteroatoms. The molecule has 11 nitrogen and oxygen atoms in total. The fraction of sp³-hybridized carbons (Fsp3) is 0.634. The average molecular weight is 748 g/mol. The van der Waals surface area contributed by atoms with Gasteiger partial charge in [0.1, 0.15) is 17.0 Å². The predicted octanol–water partition coefficient (Wildman–Crippen LogP) is 5.96. The van der Waals surface area contributed by atoms with Crippen molar-refractivity contribution in [3.63, 3.8) is 0 Å². The molecule has 0 unspecified atom stereocenters. The van der Waals surface area contributed by atoms with E-state index in [2.05, 4.69) is 10.8 Å². The highest BCUT2D eigenvalue weighted by molar-refractivity contribution is 7.90. The largest absolute Gasteiger partial charge is 0.483 e. The van der Waals surface area contributed by atoms with Crippen molar-refractivity contribution in [3.8, 4) is 5.75 Å². The molecule has 0 radical (unpaired) electrons. The molecular weight excluding hydrogens is 695 g/mol. The van der Waals surface area contributed by atoms with Crippen LogP contribution in [0.15, 0.2) is 30.4 Å². The summed E-state index contributed by atoms with van der Waals surface area (Å²) in [6.07, 6.45) is 10.2. The Morgan fingerprint density at radius 3 is 2.58 bits per heavy atom. The highest BCUT2D eigenvalue weighted by atomic mass is 32.2. The van der Waals surface area contributed by atoms with Gasteiger partial charge >= 0.3 is 5.97 Å². The summed E-state index contributed by atoms with van der Waals surface area (Å²) in [5.41, 5.74) is 0.980. The number of esters is 1. The lowest BCUT2D eigenvalue weighted by atomic mass is 9.85. The minimum atomic E-state index is -3.83. The van der Waals surface area contributed by atoms with Gasteiger partial charge in [-0.05, 0) is 104 Å². The van der Waals surface area contributed by atoms with Crippen LogP contribution in [0.2, 0.25) is 0 Å². The van der Waals surface area contributed by atoms with Crippen molar-refractivity contribution < 1.29 is 37.1 Å². The molecule has 286 valence electrons. The standard InChI is InChI=1S/C41H53N3O8S/c1-25-13-16-32-31(19-25)30-17-18-40(52-36(30)26(2)42-32)22-33-34(45)23-41(38(48)43-53(49,50)29-14-15-29)21-28(41)12-10-8-6-7-9-11-27(37(47)44(33)24-40)20-35(46)51-39(3,4)5/h10,12-13,16,19,27-29,33H,6-9,11,14-15,17-18,20-24H2,1-5H3,(H,43,48)/b12-10-/t27-,28-,33+,40-,41-/m1/s1. The Balaban J connectivity index is 1.23. The molecule has 1 spiro atoms. The number of carbonyl (C=O) groups excluding carboxylic acids is 4. The van der Waals surface area contributed by atoms with E-state index in [1.165, 1.54) is 0 Å². The monoisotopic (exact) mass is 747 g/mol. The van der Waals surface area contributed by atoms with Crippen molar-refractivity contribution in [2.24, 2.45) is 17.3 Å². The van der Waals surface area contributed by atoms with Gasteiger partial charge in [0.05, 0.1) is 40.9 Å². The first-order valence-corrected chi connectivity index (χ1v) is 20.9. The summed E-state index contributed by atoms with van der Waals surface area (Å²) in [6, 6.07) is 5.25. The number of ketones is 1. The van der Waals surface area contributed by atoms with Gasteiger partial charge in [-0.25, -0.2) is 13.4 Å². The number of carbonyl (C=O) groups is 4. The number of nitrogens with zero attached hydrogens (tertiary/aromatic N) is 2. The van der Waals surface area contributed by atoms with Gasteiger partial charge in [0, 0.05) is 29.7 Å². The Hall–Kier alpha value is -3.80. The van der Waals surface area contributed by atoms with E-state index < -0.39 is 55.7 Å². The SMILES string of the molecule is Cc1ccc2nc(C)c3c(c2c1)CC[C@]1(C[C@H]2C(=O)C[C@]4(C(=O)NS(=O)(=O)C5CC5)C[C@H]4/C=C\CCCCC[C@H](CC(=O)OC(C)(C)C)C(=O)N2C1)O3. The van der Waals surface area contributed by atoms with Crippen LogP contribution in [0.3, 0.4) is 0 Å². The highest BCUT2D eigenvalue weighted by Gasteiger charge is 2.62. The van der Waals surface area contributed by atoms with Crippen molar-refractivity contribution in [1.29, 1.82) is 0 Å². The smallest absolute Gasteiger partial charge is 0.307 e. The number of Topliss-reactive ketones (excluding diaryl/α,β-unsaturated/α-hetero) is 1. The Morgan fingerprint density at radius 1 is 1.08 bits per heavy atom. The zero-order valence-corrected chi connectivity index (χ0v) is 32.5. The van der Waals surface area contributed by atoms with Crippen LogP contribution >= 0.6 is 0 Å². The van der Waals surface area contributed by atoms with E-state index in [4.69, 9.17) is 14.5 Å². The van der Waals surface area contributed by atoms with Crippen LogP contribution < -0.4 is 9.46 Å². The maximum Gasteiger partial charge on any atom is 0.307 e. The Kier molecular flexibility index (Phi) is 9.77. The third-order valence-electron chi connectivity index (χ3n) is 11.8. The summed E-state index contributed by atoms with van der Waals surface area (Å²) in [6.45, 7) is 9.49. The molecule has 2 saturated carbocycles. The molecule has 3 fully saturated rings. The number of hydrogen-bond donors (Lipinski definition) is 1. The number of aromatic nitrogens is 1. The third-order valence-corrected chi connectivity index (χ3v) is 13.6. The molecule has 0 bridgehead atoms. The molecule has 3 aliphatic heterocycles. The highest BCUT2D eigenvalue weighted by Crippen LogP contribution is 2.58. The van der Waals surface area contributed by atoms with Gasteiger partial charge < -0.3 is 14.4 Å². The van der Waals surface area contributed by atoms with Crippen LogP contribution in [0.1, 0.15) is 115 Å². The zero-order chi connectivity index (χ0) is 37.9. The second-order valence-corrected chi connectivity index (χ2v) is 19.3. The fourth-order valence-electron chi connectivity index (χ4n) is 8.76. The molecule has 1 aromatic heterocycles. The van der Waals surface area contributed by atoms with Gasteiger partial charge in [0.2, 0.25) is 21.8 Å². The number of amides is 2. The molecule has 5 aliphatic rings. The number of pyridine rings is 1. The Morgan fingerprint density at radius 2 is 1.85 bits per heavy atom. The van der Waals surface area contributed by atoms with Gasteiger partial charge in [0.15, 0.2) is 5.78 Å². The molecule has 1 aromatic carbocycles. The van der Waals surface area contributed by atoms with Crippen LogP contribution in [0.5, 0.6) is 5.75 Å². The predicted molar refractivity (Wildman–Crippen MR) is 199 cm³/mol. The molecule has 2 amide bonds. The van der Waals surface area contributed by atoms with Gasteiger partial charge in [0.25, 0.3) is 0 Å². The van der Waals surface area contributed by atoms with Gasteiger partial charge in [-0.2, -0.15) is 0 Å². The molecule has 5 atom stereocenters. The first kappa shape index (κ1) is 37.5. The number of fused-ring (bicyclic) bond motifs is 5. The lowest BCUT2D eigenvalue weighted by Gasteiger charge is -2.36. The third kappa shape index (κ3) is 7.75. The van der Waals surface area contributed by atoms with Gasteiger partial charge in [-0.3, -0.25) is 23.9 Å². The lowest BCUT2D eigenvalue weighted by molar-refractivity contribution is -0.159. The summed E-state index contributed by atoms with van der Waals surface area (Å²) >= 11 is 0. The van der Waals surface area contributed by atoms with Crippen molar-refractivity contribution in [2.75, 3.05) is 6.54 Å². The minimum Gasteiger partial charge on any atom is -0.483 e. The summed E-state index contributed by atoms with van der Waals surface area (Å²) in [5.74, 6) is -2.00. The number of nitrogens with one attached hydrogen (secondary N) is 1. The van der Waals surface area contributed by atoms with Crippen LogP contribution in [0.4, 0.5) is 0 Å². The minimum absolute atomic E-state index is 0.105. The van der Waals surface area contributed by atoms with Crippen LogP contribution in [0.25, 0.3) is 10.9 Å². The molecule has 2 aromatic rings. The van der Waals surface area contributed by atoms with Gasteiger partial charge in [-0.15, -0.1) is 0 Å². The number of hydrogen-bond acceptors (Lipinski definition) is 9. The van der Waals surface area contributed by atoms with Crippen LogP contribution in [-0.2, 0) is 40.4 Å². The van der Waals surface area contributed by atoms with Crippen molar-refractivity contribution >= 4 is 44.5 Å². The van der Waals surface area contributed by atoms with Crippen molar-refractivity contribution in [2.45, 2.75) is 141 Å². The Bertz CT molecular complexity index is 1980. The van der Waals surface area contributed by atoms with Gasteiger partial charge in [-0.1, -0.05) is 36.6 Å². The topological polar surface area (TPSA) is 149 Å². The van der Waals surface area contributed by atoms with E-state index in [-0.39, 0.29) is 43.4 Å². The number of ether oxygens (including phenoxy) is 2. The van der Waals surface area contributed by atoms with Crippen molar-refractivity contribution in [1.82, 2.24) is 14.6 Å². The second-order valence-electron chi connectivity index (χ2n) is 17.3. The zero-order valence-electron chi connectivity index (χ0n) is 31.7. The Labute approximate surface area is 312 Å². The number of benzene rings is 1. The average Bonchev–Trinajstić information content (AvgIpc) is 4.00. The van der Waals surface area contributed by atoms with E-state index in [9.17, 15) is 27.6 Å². The molecule has 1 saturated heterocycles. The maximum atomic E-state index is 14.8. The number of allylic oxidation sites excluding steroid dienone is 2. The van der Waals surface area contributed by atoms with Crippen LogP contribution in [0, 0.1) is 31.1 Å². The number of rotatable bonds is 5. The molecule has 1 N–H and O–H groups in total. The molecule has 4 heterocycles. The molecular formula is C41H53N3O8S. The van der Waals surface area contributed by atoms with Crippen molar-refractivity contribution in [3.05, 3.63) is 47.2 Å².